The lowest BCUT2D eigenvalue weighted by molar-refractivity contribution is -0.141. The van der Waals surface area contributed by atoms with Gasteiger partial charge in [-0.2, -0.15) is 0 Å². The van der Waals surface area contributed by atoms with Crippen molar-refractivity contribution in [2.75, 3.05) is 26.0 Å². The van der Waals surface area contributed by atoms with Crippen molar-refractivity contribution >= 4 is 21.9 Å². The van der Waals surface area contributed by atoms with E-state index in [0.29, 0.717) is 0 Å². The van der Waals surface area contributed by atoms with Crippen LogP contribution in [0.25, 0.3) is 11.1 Å². The molecule has 1 saturated heterocycles. The molecule has 2 atom stereocenters. The topological polar surface area (TPSA) is 101 Å². The molecule has 152 valence electrons. The first kappa shape index (κ1) is 19.4. The Hall–Kier alpha value is -2.87. The van der Waals surface area contributed by atoms with Gasteiger partial charge in [-0.15, -0.1) is 0 Å². The van der Waals surface area contributed by atoms with Crippen molar-refractivity contribution in [3.8, 4) is 11.1 Å². The summed E-state index contributed by atoms with van der Waals surface area (Å²) in [5.74, 6) is -2.49. The Balaban J connectivity index is 1.50. The van der Waals surface area contributed by atoms with E-state index < -0.39 is 33.1 Å². The van der Waals surface area contributed by atoms with Gasteiger partial charge in [-0.25, -0.2) is 13.2 Å². The molecule has 0 radical (unpaired) electrons. The lowest BCUT2D eigenvalue weighted by Crippen LogP contribution is -2.33. The molecule has 2 aliphatic rings. The molecule has 0 aromatic heterocycles. The van der Waals surface area contributed by atoms with Crippen LogP contribution in [0.2, 0.25) is 0 Å². The van der Waals surface area contributed by atoms with Crippen molar-refractivity contribution in [3.63, 3.8) is 0 Å². The zero-order chi connectivity index (χ0) is 20.8. The minimum atomic E-state index is -3.60. The summed E-state index contributed by atoms with van der Waals surface area (Å²) in [4.78, 5) is 25.2. The van der Waals surface area contributed by atoms with E-state index in [4.69, 9.17) is 4.74 Å². The molecule has 0 spiro atoms. The van der Waals surface area contributed by atoms with E-state index in [0.717, 1.165) is 28.5 Å². The Morgan fingerprint density at radius 3 is 2.07 bits per heavy atom. The molecule has 7 nitrogen and oxygen atoms in total. The number of fused-ring (bicyclic) bond motifs is 3. The van der Waals surface area contributed by atoms with Crippen LogP contribution in [-0.4, -0.2) is 61.7 Å². The lowest BCUT2D eigenvalue weighted by atomic mass is 9.98. The fraction of sp³-hybridized carbons (Fsp3) is 0.333. The van der Waals surface area contributed by atoms with Gasteiger partial charge in [0.15, 0.2) is 9.84 Å². The first-order valence-corrected chi connectivity index (χ1v) is 11.2. The summed E-state index contributed by atoms with van der Waals surface area (Å²) in [6.07, 6.45) is 0.304. The molecule has 0 saturated carbocycles. The molecule has 4 rings (SSSR count). The molecule has 2 aromatic carbocycles. The Labute approximate surface area is 168 Å². The third-order valence-electron chi connectivity index (χ3n) is 5.73. The van der Waals surface area contributed by atoms with Gasteiger partial charge in [0.2, 0.25) is 0 Å². The zero-order valence-electron chi connectivity index (χ0n) is 15.8. The van der Waals surface area contributed by atoms with Gasteiger partial charge in [0.05, 0.1) is 11.2 Å². The standard InChI is InChI=1S/C21H21NO6S/c1-29(26,27)19-11-22(10-17(19)20(23)24)21(25)28-12-18-15-8-4-2-6-13(15)14-7-3-5-9-16(14)18/h2-9,17-19H,10-12H2,1H3,(H,23,24). The van der Waals surface area contributed by atoms with Gasteiger partial charge in [-0.05, 0) is 22.3 Å². The molecule has 1 fully saturated rings. The van der Waals surface area contributed by atoms with Crippen LogP contribution in [0.1, 0.15) is 17.0 Å². The number of likely N-dealkylation sites (tertiary alicyclic amines) is 1. The summed E-state index contributed by atoms with van der Waals surface area (Å²) < 4.78 is 29.3. The molecule has 1 amide bonds. The summed E-state index contributed by atoms with van der Waals surface area (Å²) in [5, 5.41) is 8.20. The Kier molecular flexibility index (Phi) is 4.82. The van der Waals surface area contributed by atoms with Crippen molar-refractivity contribution < 1.29 is 27.9 Å². The second-order valence-electron chi connectivity index (χ2n) is 7.52. The van der Waals surface area contributed by atoms with Crippen LogP contribution < -0.4 is 0 Å². The molecular formula is C21H21NO6S. The number of sulfone groups is 1. The third-order valence-corrected chi connectivity index (χ3v) is 7.31. The molecule has 2 aromatic rings. The van der Waals surface area contributed by atoms with Gasteiger partial charge in [-0.3, -0.25) is 4.79 Å². The summed E-state index contributed by atoms with van der Waals surface area (Å²) in [6.45, 7) is -0.249. The first-order chi connectivity index (χ1) is 13.8. The first-order valence-electron chi connectivity index (χ1n) is 9.29. The van der Waals surface area contributed by atoms with Crippen LogP contribution in [0.4, 0.5) is 4.79 Å². The van der Waals surface area contributed by atoms with Crippen LogP contribution >= 0.6 is 0 Å². The predicted octanol–water partition coefficient (Wildman–Crippen LogP) is 2.37. The fourth-order valence-corrected chi connectivity index (χ4v) is 5.53. The van der Waals surface area contributed by atoms with Crippen LogP contribution in [0, 0.1) is 5.92 Å². The number of rotatable bonds is 4. The van der Waals surface area contributed by atoms with Crippen molar-refractivity contribution in [1.29, 1.82) is 0 Å². The normalized spacial score (nSPS) is 20.9. The highest BCUT2D eigenvalue weighted by Gasteiger charge is 2.45. The van der Waals surface area contributed by atoms with Crippen LogP contribution in [0.3, 0.4) is 0 Å². The van der Waals surface area contributed by atoms with Crippen LogP contribution in [-0.2, 0) is 19.4 Å². The molecule has 1 aliphatic carbocycles. The van der Waals surface area contributed by atoms with E-state index in [1.165, 1.54) is 4.90 Å². The summed E-state index contributed by atoms with van der Waals surface area (Å²) in [7, 11) is -3.60. The van der Waals surface area contributed by atoms with Crippen LogP contribution in [0.15, 0.2) is 48.5 Å². The molecule has 0 bridgehead atoms. The Morgan fingerprint density at radius 1 is 1.03 bits per heavy atom. The van der Waals surface area contributed by atoms with Gasteiger partial charge >= 0.3 is 12.1 Å². The van der Waals surface area contributed by atoms with Gasteiger partial charge < -0.3 is 14.7 Å². The number of aliphatic carboxylic acids is 1. The number of ether oxygens (including phenoxy) is 1. The number of carboxylic acid groups (broad SMARTS) is 1. The van der Waals surface area contributed by atoms with Gasteiger partial charge in [-0.1, -0.05) is 48.5 Å². The molecule has 8 heteroatoms. The summed E-state index contributed by atoms with van der Waals surface area (Å²) >= 11 is 0. The predicted molar refractivity (Wildman–Crippen MR) is 106 cm³/mol. The van der Waals surface area contributed by atoms with Gasteiger partial charge in [0.25, 0.3) is 0 Å². The Bertz CT molecular complexity index is 1030. The number of carboxylic acids is 1. The number of nitrogens with zero attached hydrogens (tertiary/aromatic N) is 1. The number of benzene rings is 2. The van der Waals surface area contributed by atoms with Gasteiger partial charge in [0, 0.05) is 25.3 Å². The van der Waals surface area contributed by atoms with E-state index in [2.05, 4.69) is 0 Å². The van der Waals surface area contributed by atoms with E-state index in [1.54, 1.807) is 0 Å². The van der Waals surface area contributed by atoms with Crippen molar-refractivity contribution in [1.82, 2.24) is 4.90 Å². The fourth-order valence-electron chi connectivity index (χ4n) is 4.28. The van der Waals surface area contributed by atoms with Gasteiger partial charge in [0.1, 0.15) is 6.61 Å². The highest BCUT2D eigenvalue weighted by Crippen LogP contribution is 2.44. The molecule has 1 heterocycles. The maximum atomic E-state index is 12.6. The van der Waals surface area contributed by atoms with Crippen LogP contribution in [0.5, 0.6) is 0 Å². The quantitative estimate of drug-likeness (QED) is 0.823. The molecule has 1 N–H and O–H groups in total. The highest BCUT2D eigenvalue weighted by atomic mass is 32.2. The number of carbonyl (C=O) groups is 2. The number of amides is 1. The van der Waals surface area contributed by atoms with E-state index >= 15 is 0 Å². The second-order valence-corrected chi connectivity index (χ2v) is 9.79. The van der Waals surface area contributed by atoms with Crippen molar-refractivity contribution in [3.05, 3.63) is 59.7 Å². The van der Waals surface area contributed by atoms with E-state index in [-0.39, 0.29) is 25.6 Å². The van der Waals surface area contributed by atoms with E-state index in [1.807, 2.05) is 48.5 Å². The lowest BCUT2D eigenvalue weighted by Gasteiger charge is -2.19. The smallest absolute Gasteiger partial charge is 0.409 e. The monoisotopic (exact) mass is 415 g/mol. The molecule has 2 unspecified atom stereocenters. The second kappa shape index (κ2) is 7.18. The highest BCUT2D eigenvalue weighted by molar-refractivity contribution is 7.91. The minimum absolute atomic E-state index is 0.102. The zero-order valence-corrected chi connectivity index (χ0v) is 16.6. The molecular weight excluding hydrogens is 394 g/mol. The molecule has 29 heavy (non-hydrogen) atoms. The summed E-state index contributed by atoms with van der Waals surface area (Å²) in [6, 6.07) is 15.9. The van der Waals surface area contributed by atoms with Crippen molar-refractivity contribution in [2.24, 2.45) is 5.92 Å². The average Bonchev–Trinajstić information content (AvgIpc) is 3.27. The number of carbonyl (C=O) groups excluding carboxylic acids is 1. The maximum Gasteiger partial charge on any atom is 0.409 e. The molecule has 1 aliphatic heterocycles. The SMILES string of the molecule is CS(=O)(=O)C1CN(C(=O)OCC2c3ccccc3-c3ccccc32)CC1C(=O)O. The summed E-state index contributed by atoms with van der Waals surface area (Å²) in [5.41, 5.74) is 4.35. The van der Waals surface area contributed by atoms with E-state index in [9.17, 15) is 23.1 Å². The largest absolute Gasteiger partial charge is 0.481 e. The van der Waals surface area contributed by atoms with Crippen molar-refractivity contribution in [2.45, 2.75) is 11.2 Å². The number of hydrogen-bond acceptors (Lipinski definition) is 5. The average molecular weight is 415 g/mol. The Morgan fingerprint density at radius 2 is 1.59 bits per heavy atom. The minimum Gasteiger partial charge on any atom is -0.481 e. The maximum absolute atomic E-state index is 12.6. The third kappa shape index (κ3) is 3.48. The number of hydrogen-bond donors (Lipinski definition) is 1.